The molecule has 174 valence electrons. The number of benzene rings is 1. The SMILES string of the molecule is Cc1cc(Nc2ncc(C)c(N[C@@H]3[C@H]4C=CC(C4)[C@@H]3C(N)=O)n2)ccc1N1CCN(C)CC1. The summed E-state index contributed by atoms with van der Waals surface area (Å²) in [7, 11) is 2.17. The van der Waals surface area contributed by atoms with Gasteiger partial charge >= 0.3 is 0 Å². The Morgan fingerprint density at radius 3 is 2.58 bits per heavy atom. The number of nitrogens with zero attached hydrogens (tertiary/aromatic N) is 4. The van der Waals surface area contributed by atoms with Crippen molar-refractivity contribution >= 4 is 29.0 Å². The second-order valence-corrected chi connectivity index (χ2v) is 9.69. The highest BCUT2D eigenvalue weighted by Gasteiger charge is 2.47. The van der Waals surface area contributed by atoms with Crippen LogP contribution in [0.2, 0.25) is 0 Å². The fraction of sp³-hybridized carbons (Fsp3) is 0.480. The average Bonchev–Trinajstić information content (AvgIpc) is 3.39. The first-order valence-corrected chi connectivity index (χ1v) is 11.8. The number of aromatic nitrogens is 2. The number of piperazine rings is 1. The number of allylic oxidation sites excluding steroid dienone is 1. The van der Waals surface area contributed by atoms with Crippen LogP contribution in [-0.4, -0.2) is 60.0 Å². The van der Waals surface area contributed by atoms with Crippen molar-refractivity contribution in [3.8, 4) is 0 Å². The van der Waals surface area contributed by atoms with Crippen LogP contribution in [0.3, 0.4) is 0 Å². The summed E-state index contributed by atoms with van der Waals surface area (Å²) in [6.07, 6.45) is 7.11. The standard InChI is InChI=1S/C25H33N7O/c1-15-12-19(6-7-20(15)32-10-8-31(3)9-11-32)28-25-27-14-16(2)24(30-25)29-22-18-5-4-17(13-18)21(22)23(26)33/h4-7,12,14,17-18,21-22H,8-11,13H2,1-3H3,(H2,26,33)(H2,27,28,29,30)/t17?,18-,21-,22+/m0/s1. The molecular weight excluding hydrogens is 414 g/mol. The van der Waals surface area contributed by atoms with E-state index >= 15 is 0 Å². The fourth-order valence-electron chi connectivity index (χ4n) is 5.48. The lowest BCUT2D eigenvalue weighted by Gasteiger charge is -2.35. The highest BCUT2D eigenvalue weighted by atomic mass is 16.1. The lowest BCUT2D eigenvalue weighted by molar-refractivity contribution is -0.122. The maximum absolute atomic E-state index is 12.1. The molecule has 2 aromatic rings. The van der Waals surface area contributed by atoms with Gasteiger partial charge in [-0.3, -0.25) is 4.79 Å². The first-order valence-electron chi connectivity index (χ1n) is 11.8. The van der Waals surface area contributed by atoms with E-state index in [1.165, 1.54) is 11.3 Å². The summed E-state index contributed by atoms with van der Waals surface area (Å²) in [6, 6.07) is 6.38. The lowest BCUT2D eigenvalue weighted by Crippen LogP contribution is -2.44. The molecule has 0 radical (unpaired) electrons. The van der Waals surface area contributed by atoms with E-state index < -0.39 is 0 Å². The van der Waals surface area contributed by atoms with Gasteiger partial charge in [0.2, 0.25) is 11.9 Å². The number of primary amides is 1. The van der Waals surface area contributed by atoms with E-state index in [0.717, 1.165) is 49.7 Å². The predicted molar refractivity (Wildman–Crippen MR) is 132 cm³/mol. The second kappa shape index (κ2) is 8.67. The number of carbonyl (C=O) groups excluding carboxylic acids is 1. The van der Waals surface area contributed by atoms with Gasteiger partial charge in [-0.1, -0.05) is 12.2 Å². The minimum atomic E-state index is -0.245. The summed E-state index contributed by atoms with van der Waals surface area (Å²) in [4.78, 5) is 26.1. The summed E-state index contributed by atoms with van der Waals surface area (Å²) >= 11 is 0. The molecule has 1 aliphatic heterocycles. The molecule has 2 aliphatic carbocycles. The molecule has 1 saturated carbocycles. The Morgan fingerprint density at radius 1 is 1.09 bits per heavy atom. The molecule has 1 aromatic carbocycles. The van der Waals surface area contributed by atoms with Gasteiger partial charge in [-0.05, 0) is 62.9 Å². The number of likely N-dealkylation sites (N-methyl/N-ethyl adjacent to an activating group) is 1. The Balaban J connectivity index is 1.31. The molecule has 1 aromatic heterocycles. The smallest absolute Gasteiger partial charge is 0.229 e. The number of anilines is 4. The molecule has 0 spiro atoms. The molecule has 8 nitrogen and oxygen atoms in total. The highest BCUT2D eigenvalue weighted by molar-refractivity contribution is 5.80. The van der Waals surface area contributed by atoms with Crippen molar-refractivity contribution in [2.75, 3.05) is 48.8 Å². The van der Waals surface area contributed by atoms with Crippen LogP contribution < -0.4 is 21.3 Å². The quantitative estimate of drug-likeness (QED) is 0.586. The molecule has 1 amide bonds. The van der Waals surface area contributed by atoms with E-state index in [2.05, 4.69) is 69.7 Å². The van der Waals surface area contributed by atoms with E-state index in [1.807, 2.05) is 13.1 Å². The van der Waals surface area contributed by atoms with Crippen molar-refractivity contribution in [2.45, 2.75) is 26.3 Å². The van der Waals surface area contributed by atoms with Crippen LogP contribution in [0.25, 0.3) is 0 Å². The van der Waals surface area contributed by atoms with E-state index in [0.29, 0.717) is 11.9 Å². The Kier molecular flexibility index (Phi) is 5.70. The van der Waals surface area contributed by atoms with Crippen LogP contribution in [0.15, 0.2) is 36.5 Å². The summed E-state index contributed by atoms with van der Waals surface area (Å²) in [5.74, 6) is 1.37. The third kappa shape index (κ3) is 4.27. The molecule has 2 fully saturated rings. The van der Waals surface area contributed by atoms with E-state index in [-0.39, 0.29) is 23.8 Å². The topological polar surface area (TPSA) is 99.4 Å². The summed E-state index contributed by atoms with van der Waals surface area (Å²) in [5, 5.41) is 6.86. The van der Waals surface area contributed by atoms with Gasteiger partial charge in [-0.15, -0.1) is 0 Å². The molecule has 8 heteroatoms. The average molecular weight is 448 g/mol. The Morgan fingerprint density at radius 2 is 1.85 bits per heavy atom. The maximum Gasteiger partial charge on any atom is 0.229 e. The molecular formula is C25H33N7O. The third-order valence-corrected chi connectivity index (χ3v) is 7.36. The van der Waals surface area contributed by atoms with Gasteiger partial charge in [0.1, 0.15) is 5.82 Å². The van der Waals surface area contributed by atoms with Gasteiger partial charge in [0.25, 0.3) is 0 Å². The summed E-state index contributed by atoms with van der Waals surface area (Å²) < 4.78 is 0. The molecule has 3 aliphatic rings. The number of fused-ring (bicyclic) bond motifs is 2. The largest absolute Gasteiger partial charge is 0.369 e. The van der Waals surface area contributed by atoms with Gasteiger partial charge in [-0.25, -0.2) is 4.98 Å². The zero-order valence-electron chi connectivity index (χ0n) is 19.6. The number of nitrogens with two attached hydrogens (primary N) is 1. The van der Waals surface area contributed by atoms with Crippen LogP contribution in [0.4, 0.5) is 23.1 Å². The number of carbonyl (C=O) groups is 1. The molecule has 4 N–H and O–H groups in total. The van der Waals surface area contributed by atoms with Crippen molar-refractivity contribution in [1.29, 1.82) is 0 Å². The van der Waals surface area contributed by atoms with Crippen molar-refractivity contribution < 1.29 is 4.79 Å². The summed E-state index contributed by atoms with van der Waals surface area (Å²) in [5.41, 5.74) is 10.1. The Hall–Kier alpha value is -3.13. The Bertz CT molecular complexity index is 1080. The van der Waals surface area contributed by atoms with Crippen LogP contribution in [0.5, 0.6) is 0 Å². The molecule has 5 rings (SSSR count). The monoisotopic (exact) mass is 447 g/mol. The zero-order valence-corrected chi connectivity index (χ0v) is 19.6. The van der Waals surface area contributed by atoms with Crippen LogP contribution in [0, 0.1) is 31.6 Å². The number of hydrogen-bond donors (Lipinski definition) is 3. The number of nitrogens with one attached hydrogen (secondary N) is 2. The van der Waals surface area contributed by atoms with Crippen molar-refractivity contribution in [3.05, 3.63) is 47.7 Å². The maximum atomic E-state index is 12.1. The highest BCUT2D eigenvalue weighted by Crippen LogP contribution is 2.45. The van der Waals surface area contributed by atoms with E-state index in [4.69, 9.17) is 10.7 Å². The van der Waals surface area contributed by atoms with Crippen molar-refractivity contribution in [1.82, 2.24) is 14.9 Å². The second-order valence-electron chi connectivity index (χ2n) is 9.69. The molecule has 2 bridgehead atoms. The number of aryl methyl sites for hydroxylation is 2. The number of rotatable bonds is 6. The molecule has 1 saturated heterocycles. The first-order chi connectivity index (χ1) is 15.9. The fourth-order valence-corrected chi connectivity index (χ4v) is 5.48. The van der Waals surface area contributed by atoms with Crippen LogP contribution >= 0.6 is 0 Å². The third-order valence-electron chi connectivity index (χ3n) is 7.36. The molecule has 4 atom stereocenters. The van der Waals surface area contributed by atoms with Crippen LogP contribution in [-0.2, 0) is 4.79 Å². The van der Waals surface area contributed by atoms with Crippen molar-refractivity contribution in [3.63, 3.8) is 0 Å². The zero-order chi connectivity index (χ0) is 23.1. The molecule has 2 heterocycles. The van der Waals surface area contributed by atoms with Crippen molar-refractivity contribution in [2.24, 2.45) is 23.5 Å². The molecule has 33 heavy (non-hydrogen) atoms. The minimum absolute atomic E-state index is 0.0240. The Labute approximate surface area is 195 Å². The number of amides is 1. The lowest BCUT2D eigenvalue weighted by atomic mass is 9.88. The number of hydrogen-bond acceptors (Lipinski definition) is 7. The van der Waals surface area contributed by atoms with E-state index in [9.17, 15) is 4.79 Å². The van der Waals surface area contributed by atoms with E-state index in [1.54, 1.807) is 0 Å². The normalized spacial score (nSPS) is 26.6. The first kappa shape index (κ1) is 21.7. The summed E-state index contributed by atoms with van der Waals surface area (Å²) in [6.45, 7) is 8.39. The van der Waals surface area contributed by atoms with Gasteiger partial charge < -0.3 is 26.2 Å². The van der Waals surface area contributed by atoms with Gasteiger partial charge in [0, 0.05) is 55.4 Å². The van der Waals surface area contributed by atoms with Gasteiger partial charge in [0.05, 0.1) is 5.92 Å². The minimum Gasteiger partial charge on any atom is -0.369 e. The van der Waals surface area contributed by atoms with Gasteiger partial charge in [-0.2, -0.15) is 4.98 Å². The molecule has 1 unspecified atom stereocenters. The van der Waals surface area contributed by atoms with Gasteiger partial charge in [0.15, 0.2) is 0 Å². The predicted octanol–water partition coefficient (Wildman–Crippen LogP) is 2.68. The van der Waals surface area contributed by atoms with Crippen LogP contribution in [0.1, 0.15) is 17.5 Å².